The molecule has 0 unspecified atom stereocenters. The maximum absolute atomic E-state index is 15.8. The van der Waals surface area contributed by atoms with E-state index in [1.807, 2.05) is 42.5 Å². The average Bonchev–Trinajstić information content (AvgIpc) is 3.28. The number of esters is 1. The number of alkyl halides is 2. The highest BCUT2D eigenvalue weighted by Crippen LogP contribution is 2.40. The Morgan fingerprint density at radius 3 is 2.49 bits per heavy atom. The molecule has 43 heavy (non-hydrogen) atoms. The predicted octanol–water partition coefficient (Wildman–Crippen LogP) is 5.76. The van der Waals surface area contributed by atoms with E-state index >= 15 is 4.39 Å². The number of hydrogen-bond donors (Lipinski definition) is 1. The van der Waals surface area contributed by atoms with Gasteiger partial charge >= 0.3 is 12.1 Å². The maximum atomic E-state index is 15.8. The zero-order valence-electron chi connectivity index (χ0n) is 25.2. The summed E-state index contributed by atoms with van der Waals surface area (Å²) in [6, 6.07) is 8.92. The summed E-state index contributed by atoms with van der Waals surface area (Å²) in [7, 11) is 0. The number of ketones is 2. The van der Waals surface area contributed by atoms with Gasteiger partial charge < -0.3 is 19.5 Å². The fraction of sp³-hybridized carbons (Fsp3) is 0.531. The first-order valence-corrected chi connectivity index (χ1v) is 15.6. The van der Waals surface area contributed by atoms with Gasteiger partial charge in [-0.3, -0.25) is 14.6 Å². The van der Waals surface area contributed by atoms with E-state index in [4.69, 9.17) is 14.2 Å². The van der Waals surface area contributed by atoms with Crippen molar-refractivity contribution in [2.45, 2.75) is 81.4 Å². The van der Waals surface area contributed by atoms with E-state index in [0.29, 0.717) is 0 Å². The molecule has 9 nitrogen and oxygen atoms in total. The van der Waals surface area contributed by atoms with E-state index in [0.717, 1.165) is 23.4 Å². The average molecular weight is 709 g/mol. The van der Waals surface area contributed by atoms with Gasteiger partial charge in [0.1, 0.15) is 5.78 Å². The fourth-order valence-electron chi connectivity index (χ4n) is 6.17. The van der Waals surface area contributed by atoms with Gasteiger partial charge in [-0.15, -0.1) is 0 Å². The number of fused-ring (bicyclic) bond motifs is 2. The van der Waals surface area contributed by atoms with Crippen LogP contribution in [0.4, 0.5) is 9.18 Å². The van der Waals surface area contributed by atoms with E-state index in [1.54, 1.807) is 49.6 Å². The van der Waals surface area contributed by atoms with Crippen LogP contribution in [0, 0.1) is 17.8 Å². The Balaban J connectivity index is 1.61. The molecule has 1 aromatic heterocycles. The van der Waals surface area contributed by atoms with Gasteiger partial charge in [0, 0.05) is 29.3 Å². The number of Topliss-reactive ketones (excluding diaryl/α,β-unsaturated/α-hetero) is 2. The normalized spacial score (nSPS) is 36.1. The molecule has 2 aliphatic rings. The van der Waals surface area contributed by atoms with Gasteiger partial charge in [-0.05, 0) is 73.9 Å². The number of ether oxygens (including phenoxy) is 3. The van der Waals surface area contributed by atoms with E-state index in [1.165, 1.54) is 13.8 Å². The molecule has 2 aromatic rings. The van der Waals surface area contributed by atoms with Crippen molar-refractivity contribution >= 4 is 63.2 Å². The molecule has 1 aromatic carbocycles. The van der Waals surface area contributed by atoms with E-state index in [-0.39, 0.29) is 25.2 Å². The summed E-state index contributed by atoms with van der Waals surface area (Å²) < 4.78 is 31.8. The van der Waals surface area contributed by atoms with Gasteiger partial charge in [0.25, 0.3) is 5.67 Å². The number of nitrogens with zero attached hydrogens (tertiary/aromatic N) is 1. The number of rotatable bonds is 4. The summed E-state index contributed by atoms with van der Waals surface area (Å²) in [4.78, 5) is 56.8. The number of carbonyl (C=O) groups excluding carboxylic acids is 4. The van der Waals surface area contributed by atoms with Crippen molar-refractivity contribution in [2.75, 3.05) is 6.61 Å². The van der Waals surface area contributed by atoms with Gasteiger partial charge in [0.15, 0.2) is 15.5 Å². The van der Waals surface area contributed by atoms with Crippen molar-refractivity contribution in [1.82, 2.24) is 10.3 Å². The first kappa shape index (κ1) is 33.0. The smallest absolute Gasteiger partial charge is 0.408 e. The number of pyridine rings is 1. The number of cyclic esters (lactones) is 1. The molecule has 2 fully saturated rings. The molecule has 4 rings (SSSR count). The summed E-state index contributed by atoms with van der Waals surface area (Å²) in [5.41, 5.74) is -3.71. The summed E-state index contributed by atoms with van der Waals surface area (Å²) in [5, 5.41) is 3.66. The summed E-state index contributed by atoms with van der Waals surface area (Å²) in [6.07, 6.45) is 4.94. The Morgan fingerprint density at radius 2 is 1.77 bits per heavy atom. The van der Waals surface area contributed by atoms with Crippen molar-refractivity contribution in [2.24, 2.45) is 17.8 Å². The van der Waals surface area contributed by atoms with Crippen LogP contribution in [0.25, 0.3) is 17.0 Å². The van der Waals surface area contributed by atoms with E-state index in [2.05, 4.69) is 10.3 Å². The Hall–Kier alpha value is -2.93. The first-order valence-electron chi connectivity index (χ1n) is 14.3. The second-order valence-corrected chi connectivity index (χ2v) is 13.4. The van der Waals surface area contributed by atoms with Crippen molar-refractivity contribution in [3.63, 3.8) is 0 Å². The first-order chi connectivity index (χ1) is 20.1. The number of hydrogen-bond acceptors (Lipinski definition) is 8. The lowest BCUT2D eigenvalue weighted by Crippen LogP contribution is -2.56. The molecular formula is C32H38FIN2O7. The minimum absolute atomic E-state index is 0.0602. The fourth-order valence-corrected chi connectivity index (χ4v) is 6.92. The lowest BCUT2D eigenvalue weighted by atomic mass is 9.76. The van der Waals surface area contributed by atoms with Crippen LogP contribution in [0.15, 0.2) is 42.6 Å². The van der Waals surface area contributed by atoms with Crippen LogP contribution >= 0.6 is 22.6 Å². The molecule has 2 saturated heterocycles. The van der Waals surface area contributed by atoms with E-state index < -0.39 is 62.6 Å². The van der Waals surface area contributed by atoms with Crippen LogP contribution in [0.3, 0.4) is 0 Å². The topological polar surface area (TPSA) is 121 Å². The van der Waals surface area contributed by atoms with Crippen molar-refractivity contribution in [3.8, 4) is 0 Å². The Kier molecular flexibility index (Phi) is 9.65. The van der Waals surface area contributed by atoms with Crippen LogP contribution in [0.1, 0.15) is 59.9 Å². The molecule has 11 heteroatoms. The molecule has 3 heterocycles. The Bertz CT molecular complexity index is 1450. The Morgan fingerprint density at radius 1 is 1.09 bits per heavy atom. The SMILES string of the molecule is C[C@@H]1C[C@@](C)(OC/C=C/c2cnc3ccccc3c2)C[C@@H](C)C(=O)[C@](C)(F)C(=O)O[C@H](I)[C@@]2(C)OC(=O)N[C@@H]2[C@@H](C)C1=O. The van der Waals surface area contributed by atoms with Gasteiger partial charge in [-0.1, -0.05) is 51.1 Å². The number of amides is 1. The highest BCUT2D eigenvalue weighted by atomic mass is 127. The molecule has 0 bridgehead atoms. The molecule has 232 valence electrons. The van der Waals surface area contributed by atoms with Gasteiger partial charge in [0.2, 0.25) is 0 Å². The molecule has 0 saturated carbocycles. The quantitative estimate of drug-likeness (QED) is 0.184. The van der Waals surface area contributed by atoms with Crippen LogP contribution in [0.2, 0.25) is 0 Å². The number of aromatic nitrogens is 1. The van der Waals surface area contributed by atoms with Crippen LogP contribution in [0.5, 0.6) is 0 Å². The lowest BCUT2D eigenvalue weighted by molar-refractivity contribution is -0.170. The predicted molar refractivity (Wildman–Crippen MR) is 167 cm³/mol. The summed E-state index contributed by atoms with van der Waals surface area (Å²) in [5.74, 6) is -4.72. The van der Waals surface area contributed by atoms with E-state index in [9.17, 15) is 19.2 Å². The molecule has 1 amide bonds. The summed E-state index contributed by atoms with van der Waals surface area (Å²) in [6.45, 7) is 9.32. The number of carbonyl (C=O) groups is 4. The minimum atomic E-state index is -2.95. The summed E-state index contributed by atoms with van der Waals surface area (Å²) >= 11 is 1.73. The largest absolute Gasteiger partial charge is 0.445 e. The van der Waals surface area contributed by atoms with Crippen molar-refractivity contribution < 1.29 is 37.8 Å². The van der Waals surface area contributed by atoms with Crippen molar-refractivity contribution in [1.29, 1.82) is 0 Å². The standard InChI is InChI=1S/C32H38FIN2O7/c1-18-15-30(4,41-13-9-10-21-14-22-11-7-8-12-23(22)35-17-21)16-19(2)26(38)31(5,33)28(39)42-27(34)32(6)25(20(3)24(18)37)36-29(40)43-32/h7-12,14,17-20,25,27H,13,15-16H2,1-6H3,(H,36,40)/b10-9+/t18-,19-,20+,25-,27+,30-,31+,32+/m1/s1. The van der Waals surface area contributed by atoms with Crippen LogP contribution < -0.4 is 5.32 Å². The second-order valence-electron chi connectivity index (χ2n) is 12.3. The second kappa shape index (κ2) is 12.6. The number of alkyl carbamates (subject to hydrolysis) is 1. The molecule has 0 aliphatic carbocycles. The van der Waals surface area contributed by atoms with Gasteiger partial charge in [-0.2, -0.15) is 0 Å². The number of para-hydroxylation sites is 1. The van der Waals surface area contributed by atoms with Crippen LogP contribution in [-0.2, 0) is 28.6 Å². The Labute approximate surface area is 264 Å². The molecule has 0 spiro atoms. The third-order valence-electron chi connectivity index (χ3n) is 8.52. The third kappa shape index (κ3) is 6.92. The zero-order chi connectivity index (χ0) is 31.7. The zero-order valence-corrected chi connectivity index (χ0v) is 27.3. The molecular weight excluding hydrogens is 670 g/mol. The minimum Gasteiger partial charge on any atom is -0.445 e. The highest BCUT2D eigenvalue weighted by molar-refractivity contribution is 14.1. The highest BCUT2D eigenvalue weighted by Gasteiger charge is 2.57. The van der Waals surface area contributed by atoms with Gasteiger partial charge in [0.05, 0.1) is 23.8 Å². The maximum Gasteiger partial charge on any atom is 0.408 e. The number of benzene rings is 1. The molecule has 8 atom stereocenters. The number of nitrogens with one attached hydrogen (secondary N) is 1. The van der Waals surface area contributed by atoms with Crippen LogP contribution in [-0.4, -0.2) is 62.2 Å². The van der Waals surface area contributed by atoms with Gasteiger partial charge in [-0.25, -0.2) is 14.0 Å². The van der Waals surface area contributed by atoms with Crippen molar-refractivity contribution in [3.05, 3.63) is 48.2 Å². The molecule has 1 N–H and O–H groups in total. The number of halogens is 2. The molecule has 2 aliphatic heterocycles. The monoisotopic (exact) mass is 708 g/mol. The lowest BCUT2D eigenvalue weighted by Gasteiger charge is -2.39. The third-order valence-corrected chi connectivity index (χ3v) is 10.0. The molecule has 0 radical (unpaired) electrons.